The molecule has 2 aliphatic rings. The minimum Gasteiger partial charge on any atom is -0.371 e. The molecule has 1 aromatic rings. The first-order valence-electron chi connectivity index (χ1n) is 10.1. The van der Waals surface area contributed by atoms with Gasteiger partial charge in [-0.15, -0.1) is 0 Å². The molecule has 27 heavy (non-hydrogen) atoms. The third-order valence-corrected chi connectivity index (χ3v) is 5.81. The summed E-state index contributed by atoms with van der Waals surface area (Å²) in [4.78, 5) is 30.3. The van der Waals surface area contributed by atoms with E-state index >= 15 is 0 Å². The molecule has 1 aromatic carbocycles. The van der Waals surface area contributed by atoms with Gasteiger partial charge in [0.05, 0.1) is 0 Å². The van der Waals surface area contributed by atoms with Crippen LogP contribution in [0.1, 0.15) is 29.6 Å². The van der Waals surface area contributed by atoms with Gasteiger partial charge in [0.15, 0.2) is 0 Å². The molecule has 6 heteroatoms. The largest absolute Gasteiger partial charge is 0.371 e. The number of likely N-dealkylation sites (N-methyl/N-ethyl adjacent to an activating group) is 1. The van der Waals surface area contributed by atoms with E-state index in [1.54, 1.807) is 0 Å². The predicted octanol–water partition coefficient (Wildman–Crippen LogP) is 1.47. The van der Waals surface area contributed by atoms with Gasteiger partial charge in [-0.3, -0.25) is 9.59 Å². The number of carbonyl (C=O) groups is 2. The Morgan fingerprint density at radius 2 is 1.74 bits per heavy atom. The fourth-order valence-corrected chi connectivity index (χ4v) is 3.89. The minimum atomic E-state index is 0.124. The molecule has 0 radical (unpaired) electrons. The van der Waals surface area contributed by atoms with E-state index in [0.29, 0.717) is 5.56 Å². The number of nitrogens with one attached hydrogen (secondary N) is 1. The second-order valence-electron chi connectivity index (χ2n) is 7.76. The second kappa shape index (κ2) is 9.85. The van der Waals surface area contributed by atoms with Crippen LogP contribution in [0.25, 0.3) is 0 Å². The zero-order valence-corrected chi connectivity index (χ0v) is 16.4. The van der Waals surface area contributed by atoms with Crippen molar-refractivity contribution in [2.75, 3.05) is 64.3 Å². The van der Waals surface area contributed by atoms with Crippen molar-refractivity contribution in [1.29, 1.82) is 0 Å². The average molecular weight is 373 g/mol. The summed E-state index contributed by atoms with van der Waals surface area (Å²) in [6.07, 6.45) is 3.67. The molecule has 2 fully saturated rings. The Kier molecular flexibility index (Phi) is 7.24. The van der Waals surface area contributed by atoms with Crippen molar-refractivity contribution in [3.63, 3.8) is 0 Å². The molecule has 0 spiro atoms. The molecule has 0 unspecified atom stereocenters. The van der Waals surface area contributed by atoms with Crippen molar-refractivity contribution in [2.45, 2.75) is 19.3 Å². The highest BCUT2D eigenvalue weighted by Gasteiger charge is 2.25. The molecule has 148 valence electrons. The van der Waals surface area contributed by atoms with Crippen LogP contribution >= 0.6 is 0 Å². The van der Waals surface area contributed by atoms with E-state index in [9.17, 15) is 9.59 Å². The van der Waals surface area contributed by atoms with Crippen LogP contribution in [-0.2, 0) is 4.79 Å². The summed E-state index contributed by atoms with van der Waals surface area (Å²) in [5.74, 6) is 0.337. The maximum Gasteiger partial charge on any atom is 0.223 e. The monoisotopic (exact) mass is 372 g/mol. The highest BCUT2D eigenvalue weighted by Crippen LogP contribution is 2.23. The molecule has 0 aliphatic carbocycles. The molecule has 0 aromatic heterocycles. The minimum absolute atomic E-state index is 0.124. The van der Waals surface area contributed by atoms with Gasteiger partial charge >= 0.3 is 0 Å². The summed E-state index contributed by atoms with van der Waals surface area (Å²) in [6.45, 7) is 8.18. The number of piperidine rings is 1. The van der Waals surface area contributed by atoms with Gasteiger partial charge < -0.3 is 20.0 Å². The van der Waals surface area contributed by atoms with E-state index in [2.05, 4.69) is 27.1 Å². The topological polar surface area (TPSA) is 55.9 Å². The Labute approximate surface area is 162 Å². The smallest absolute Gasteiger partial charge is 0.223 e. The number of amides is 1. The Balaban J connectivity index is 1.32. The molecule has 1 amide bonds. The summed E-state index contributed by atoms with van der Waals surface area (Å²) in [7, 11) is 2.17. The molecule has 0 saturated carbocycles. The second-order valence-corrected chi connectivity index (χ2v) is 7.76. The number of hydrogen-bond acceptors (Lipinski definition) is 5. The summed E-state index contributed by atoms with van der Waals surface area (Å²) in [5.41, 5.74) is 1.83. The van der Waals surface area contributed by atoms with E-state index in [-0.39, 0.29) is 11.8 Å². The van der Waals surface area contributed by atoms with Crippen LogP contribution < -0.4 is 10.2 Å². The fourth-order valence-electron chi connectivity index (χ4n) is 3.89. The lowest BCUT2D eigenvalue weighted by Crippen LogP contribution is -2.45. The molecule has 0 bridgehead atoms. The number of rotatable bonds is 7. The number of benzene rings is 1. The number of carbonyl (C=O) groups excluding carboxylic acids is 2. The maximum atomic E-state index is 12.4. The van der Waals surface area contributed by atoms with Crippen molar-refractivity contribution >= 4 is 17.9 Å². The van der Waals surface area contributed by atoms with Crippen molar-refractivity contribution in [2.24, 2.45) is 5.92 Å². The molecule has 6 nitrogen and oxygen atoms in total. The standard InChI is InChI=1S/C21H32N4O2/c1-23-13-15-24(16-14-23)10-2-9-22-21(27)19-7-11-25(12-8-19)20-5-3-18(17-26)4-6-20/h3-6,17,19H,2,7-16H2,1H3,(H,22,27). The van der Waals surface area contributed by atoms with E-state index in [1.165, 1.54) is 0 Å². The highest BCUT2D eigenvalue weighted by atomic mass is 16.1. The molecule has 1 N–H and O–H groups in total. The van der Waals surface area contributed by atoms with E-state index in [1.807, 2.05) is 24.3 Å². The maximum absolute atomic E-state index is 12.4. The van der Waals surface area contributed by atoms with Crippen molar-refractivity contribution < 1.29 is 9.59 Å². The van der Waals surface area contributed by atoms with Crippen LogP contribution in [0.2, 0.25) is 0 Å². The fraction of sp³-hybridized carbons (Fsp3) is 0.619. The van der Waals surface area contributed by atoms with Gasteiger partial charge in [-0.1, -0.05) is 0 Å². The van der Waals surface area contributed by atoms with Crippen molar-refractivity contribution in [3.05, 3.63) is 29.8 Å². The van der Waals surface area contributed by atoms with Gasteiger partial charge in [-0.25, -0.2) is 0 Å². The van der Waals surface area contributed by atoms with E-state index in [4.69, 9.17) is 0 Å². The number of hydrogen-bond donors (Lipinski definition) is 1. The Bertz CT molecular complexity index is 603. The molecule has 2 saturated heterocycles. The van der Waals surface area contributed by atoms with Gasteiger partial charge in [-0.2, -0.15) is 0 Å². The molecule has 3 rings (SSSR count). The quantitative estimate of drug-likeness (QED) is 0.580. The van der Waals surface area contributed by atoms with E-state index < -0.39 is 0 Å². The van der Waals surface area contributed by atoms with Crippen LogP contribution in [0, 0.1) is 5.92 Å². The molecular weight excluding hydrogens is 340 g/mol. The summed E-state index contributed by atoms with van der Waals surface area (Å²) in [6, 6.07) is 7.67. The SMILES string of the molecule is CN1CCN(CCCNC(=O)C2CCN(c3ccc(C=O)cc3)CC2)CC1. The van der Waals surface area contributed by atoms with E-state index in [0.717, 1.165) is 83.6 Å². The zero-order valence-electron chi connectivity index (χ0n) is 16.4. The Morgan fingerprint density at radius 3 is 2.37 bits per heavy atom. The Hall–Kier alpha value is -1.92. The van der Waals surface area contributed by atoms with Crippen LogP contribution in [0.3, 0.4) is 0 Å². The van der Waals surface area contributed by atoms with Gasteiger partial charge in [0.25, 0.3) is 0 Å². The lowest BCUT2D eigenvalue weighted by molar-refractivity contribution is -0.125. The zero-order chi connectivity index (χ0) is 19.1. The number of piperazine rings is 1. The number of anilines is 1. The predicted molar refractivity (Wildman–Crippen MR) is 108 cm³/mol. The Morgan fingerprint density at radius 1 is 1.07 bits per heavy atom. The molecular formula is C21H32N4O2. The first-order valence-corrected chi connectivity index (χ1v) is 10.1. The molecule has 2 heterocycles. The average Bonchev–Trinajstić information content (AvgIpc) is 2.72. The van der Waals surface area contributed by atoms with Gasteiger partial charge in [0.1, 0.15) is 6.29 Å². The third kappa shape index (κ3) is 5.78. The normalized spacial score (nSPS) is 19.8. The first kappa shape index (κ1) is 19.8. The summed E-state index contributed by atoms with van der Waals surface area (Å²) >= 11 is 0. The molecule has 0 atom stereocenters. The summed E-state index contributed by atoms with van der Waals surface area (Å²) in [5, 5.41) is 3.14. The van der Waals surface area contributed by atoms with Crippen LogP contribution in [0.15, 0.2) is 24.3 Å². The third-order valence-electron chi connectivity index (χ3n) is 5.81. The summed E-state index contributed by atoms with van der Waals surface area (Å²) < 4.78 is 0. The van der Waals surface area contributed by atoms with Crippen LogP contribution in [0.5, 0.6) is 0 Å². The number of nitrogens with zero attached hydrogens (tertiary/aromatic N) is 3. The van der Waals surface area contributed by atoms with Gasteiger partial charge in [0, 0.05) is 63.0 Å². The van der Waals surface area contributed by atoms with Crippen LogP contribution in [-0.4, -0.2) is 81.4 Å². The van der Waals surface area contributed by atoms with Crippen LogP contribution in [0.4, 0.5) is 5.69 Å². The molecule has 2 aliphatic heterocycles. The van der Waals surface area contributed by atoms with Crippen molar-refractivity contribution in [3.8, 4) is 0 Å². The first-order chi connectivity index (χ1) is 13.2. The van der Waals surface area contributed by atoms with Gasteiger partial charge in [0.2, 0.25) is 5.91 Å². The van der Waals surface area contributed by atoms with Crippen molar-refractivity contribution in [1.82, 2.24) is 15.1 Å². The number of aldehydes is 1. The lowest BCUT2D eigenvalue weighted by atomic mass is 9.95. The van der Waals surface area contributed by atoms with Gasteiger partial charge in [-0.05, 0) is 57.1 Å². The highest BCUT2D eigenvalue weighted by molar-refractivity contribution is 5.79. The lowest BCUT2D eigenvalue weighted by Gasteiger charge is -2.33.